The largest absolute Gasteiger partial charge is 0.264 e. The smallest absolute Gasteiger partial charge is 0.0305 e. The van der Waals surface area contributed by atoms with Crippen molar-refractivity contribution in [3.63, 3.8) is 0 Å². The van der Waals surface area contributed by atoms with Crippen molar-refractivity contribution in [2.45, 2.75) is 107 Å². The van der Waals surface area contributed by atoms with E-state index < -0.39 is 0 Å². The number of rotatable bonds is 4. The summed E-state index contributed by atoms with van der Waals surface area (Å²) in [5.74, 6) is 2.49. The van der Waals surface area contributed by atoms with Gasteiger partial charge in [-0.1, -0.05) is 116 Å². The Morgan fingerprint density at radius 3 is 1.40 bits per heavy atom. The number of hydrogen-bond acceptors (Lipinski definition) is 2. The lowest BCUT2D eigenvalue weighted by atomic mass is 9.99. The summed E-state index contributed by atoms with van der Waals surface area (Å²) >= 11 is 0. The van der Waals surface area contributed by atoms with Crippen LogP contribution >= 0.6 is 0 Å². The number of aromatic nitrogens is 2. The lowest BCUT2D eigenvalue weighted by molar-refractivity contribution is 0.847. The van der Waals surface area contributed by atoms with Crippen LogP contribution in [0.15, 0.2) is 85.5 Å². The summed E-state index contributed by atoms with van der Waals surface area (Å²) in [4.78, 5) is 8.17. The summed E-state index contributed by atoms with van der Waals surface area (Å²) < 4.78 is 0. The topological polar surface area (TPSA) is 25.8 Å². The highest BCUT2D eigenvalue weighted by atomic mass is 14.6. The molecule has 0 radical (unpaired) electrons. The standard InChI is InChI=1S/2C10H14.2C9H13N/c1-8(2)10-6-4-9(3)5-7-10;1-8(2)10-7-5-4-6-9(10)3;1-7(2)9-4-8(3)5-10-6-9;1-7(2)9-6-10-5-4-8(9)3/h2*4-8H,1-3H3;2*4-7H,1-3H3. The fourth-order valence-corrected chi connectivity index (χ4v) is 4.16. The molecule has 0 fully saturated rings. The molecular weight excluding hydrogens is 484 g/mol. The average Bonchev–Trinajstić information content (AvgIpc) is 2.90. The second-order valence-electron chi connectivity index (χ2n) is 11.9. The van der Waals surface area contributed by atoms with Crippen LogP contribution < -0.4 is 0 Å². The maximum Gasteiger partial charge on any atom is 0.0305 e. The number of benzene rings is 2. The molecule has 0 aliphatic heterocycles. The van der Waals surface area contributed by atoms with Crippen LogP contribution in [0.25, 0.3) is 0 Å². The summed E-state index contributed by atoms with van der Waals surface area (Å²) in [6.45, 7) is 26.1. The fourth-order valence-electron chi connectivity index (χ4n) is 4.16. The normalized spacial score (nSPS) is 10.4. The van der Waals surface area contributed by atoms with Crippen LogP contribution in [0.1, 0.15) is 124 Å². The third-order valence-corrected chi connectivity index (χ3v) is 6.82. The predicted molar refractivity (Wildman–Crippen MR) is 177 cm³/mol. The Labute approximate surface area is 246 Å². The summed E-state index contributed by atoms with van der Waals surface area (Å²) in [7, 11) is 0. The van der Waals surface area contributed by atoms with Gasteiger partial charge in [0.05, 0.1) is 0 Å². The van der Waals surface area contributed by atoms with Crippen molar-refractivity contribution in [2.75, 3.05) is 0 Å². The quantitative estimate of drug-likeness (QED) is 0.258. The van der Waals surface area contributed by atoms with E-state index in [0.29, 0.717) is 23.7 Å². The molecule has 0 unspecified atom stereocenters. The van der Waals surface area contributed by atoms with Gasteiger partial charge in [0.1, 0.15) is 0 Å². The number of aryl methyl sites for hydroxylation is 4. The van der Waals surface area contributed by atoms with Crippen molar-refractivity contribution < 1.29 is 0 Å². The van der Waals surface area contributed by atoms with Gasteiger partial charge in [0.25, 0.3) is 0 Å². The van der Waals surface area contributed by atoms with Crippen molar-refractivity contribution in [1.82, 2.24) is 9.97 Å². The molecule has 0 atom stereocenters. The van der Waals surface area contributed by atoms with Crippen molar-refractivity contribution in [3.8, 4) is 0 Å². The molecule has 2 aromatic heterocycles. The molecule has 2 aromatic carbocycles. The molecule has 0 aliphatic carbocycles. The van der Waals surface area contributed by atoms with Gasteiger partial charge < -0.3 is 0 Å². The lowest BCUT2D eigenvalue weighted by Crippen LogP contribution is -1.91. The molecule has 0 N–H and O–H groups in total. The van der Waals surface area contributed by atoms with Crippen LogP contribution in [0, 0.1) is 27.7 Å². The first-order valence-corrected chi connectivity index (χ1v) is 14.8. The van der Waals surface area contributed by atoms with Crippen molar-refractivity contribution in [1.29, 1.82) is 0 Å². The molecule has 40 heavy (non-hydrogen) atoms. The third-order valence-electron chi connectivity index (χ3n) is 6.82. The Hall–Kier alpha value is -3.26. The molecule has 0 bridgehead atoms. The minimum atomic E-state index is 0.590. The van der Waals surface area contributed by atoms with Crippen molar-refractivity contribution >= 4 is 0 Å². The van der Waals surface area contributed by atoms with Gasteiger partial charge in [-0.05, 0) is 96.4 Å². The van der Waals surface area contributed by atoms with Gasteiger partial charge >= 0.3 is 0 Å². The fraction of sp³-hybridized carbons (Fsp3) is 0.421. The van der Waals surface area contributed by atoms with E-state index in [0.717, 1.165) is 0 Å². The SMILES string of the molecule is Cc1ccc(C(C)C)cc1.Cc1ccccc1C(C)C.Cc1ccncc1C(C)C.Cc1cncc(C(C)C)c1. The van der Waals surface area contributed by atoms with Gasteiger partial charge in [-0.15, -0.1) is 0 Å². The monoisotopic (exact) mass is 538 g/mol. The molecule has 2 heteroatoms. The van der Waals surface area contributed by atoms with E-state index in [4.69, 9.17) is 0 Å². The van der Waals surface area contributed by atoms with Crippen LogP contribution in [0.3, 0.4) is 0 Å². The molecule has 0 saturated carbocycles. The van der Waals surface area contributed by atoms with Crippen molar-refractivity contribution in [3.05, 3.63) is 130 Å². The van der Waals surface area contributed by atoms with E-state index in [1.54, 1.807) is 0 Å². The first-order valence-electron chi connectivity index (χ1n) is 14.8. The van der Waals surface area contributed by atoms with Gasteiger partial charge in [-0.2, -0.15) is 0 Å². The predicted octanol–water partition coefficient (Wildman–Crippen LogP) is 11.3. The van der Waals surface area contributed by atoms with E-state index in [-0.39, 0.29) is 0 Å². The molecular formula is C38H54N2. The Balaban J connectivity index is 0.000000267. The highest BCUT2D eigenvalue weighted by Gasteiger charge is 2.01. The van der Waals surface area contributed by atoms with Gasteiger partial charge in [-0.25, -0.2) is 0 Å². The van der Waals surface area contributed by atoms with Gasteiger partial charge in [-0.3, -0.25) is 9.97 Å². The van der Waals surface area contributed by atoms with Crippen molar-refractivity contribution in [2.24, 2.45) is 0 Å². The molecule has 216 valence electrons. The maximum absolute atomic E-state index is 4.11. The number of hydrogen-bond donors (Lipinski definition) is 0. The molecule has 0 saturated heterocycles. The number of nitrogens with zero attached hydrogens (tertiary/aromatic N) is 2. The first-order chi connectivity index (χ1) is 18.8. The van der Waals surface area contributed by atoms with E-state index in [2.05, 4.69) is 154 Å². The van der Waals surface area contributed by atoms with Gasteiger partial charge in [0.15, 0.2) is 0 Å². The zero-order valence-corrected chi connectivity index (χ0v) is 27.3. The second-order valence-corrected chi connectivity index (χ2v) is 11.9. The van der Waals surface area contributed by atoms with Crippen LogP contribution in [-0.2, 0) is 0 Å². The molecule has 2 nitrogen and oxygen atoms in total. The zero-order chi connectivity index (χ0) is 30.2. The Kier molecular flexibility index (Phi) is 15.8. The Morgan fingerprint density at radius 1 is 0.450 bits per heavy atom. The Morgan fingerprint density at radius 2 is 1.00 bits per heavy atom. The van der Waals surface area contributed by atoms with Gasteiger partial charge in [0.2, 0.25) is 0 Å². The van der Waals surface area contributed by atoms with Crippen LogP contribution in [0.5, 0.6) is 0 Å². The average molecular weight is 539 g/mol. The highest BCUT2D eigenvalue weighted by molar-refractivity contribution is 5.28. The van der Waals surface area contributed by atoms with Gasteiger partial charge in [0, 0.05) is 24.8 Å². The first kappa shape index (κ1) is 34.8. The van der Waals surface area contributed by atoms with Crippen LogP contribution in [-0.4, -0.2) is 9.97 Å². The third kappa shape index (κ3) is 13.2. The Bertz CT molecular complexity index is 1180. The minimum absolute atomic E-state index is 0.590. The maximum atomic E-state index is 4.11. The molecule has 0 spiro atoms. The van der Waals surface area contributed by atoms with E-state index >= 15 is 0 Å². The summed E-state index contributed by atoms with van der Waals surface area (Å²) in [5.41, 5.74) is 10.9. The summed E-state index contributed by atoms with van der Waals surface area (Å²) in [5, 5.41) is 0. The molecule has 4 rings (SSSR count). The van der Waals surface area contributed by atoms with Crippen LogP contribution in [0.4, 0.5) is 0 Å². The lowest BCUT2D eigenvalue weighted by Gasteiger charge is -2.07. The molecule has 0 aliphatic rings. The highest BCUT2D eigenvalue weighted by Crippen LogP contribution is 2.18. The number of pyridine rings is 2. The van der Waals surface area contributed by atoms with Crippen LogP contribution in [0.2, 0.25) is 0 Å². The molecule has 4 aromatic rings. The zero-order valence-electron chi connectivity index (χ0n) is 27.3. The van der Waals surface area contributed by atoms with E-state index in [9.17, 15) is 0 Å². The summed E-state index contributed by atoms with van der Waals surface area (Å²) in [6.07, 6.45) is 7.59. The molecule has 0 amide bonds. The van der Waals surface area contributed by atoms with E-state index in [1.165, 1.54) is 44.5 Å². The minimum Gasteiger partial charge on any atom is -0.264 e. The second kappa shape index (κ2) is 18.2. The summed E-state index contributed by atoms with van der Waals surface area (Å²) in [6, 6.07) is 21.5. The van der Waals surface area contributed by atoms with E-state index in [1.807, 2.05) is 24.8 Å². The molecule has 2 heterocycles.